The van der Waals surface area contributed by atoms with Gasteiger partial charge in [-0.2, -0.15) is 5.10 Å². The number of carbonyl (C=O) groups is 2. The number of anilines is 1. The molecule has 0 saturated carbocycles. The second-order valence-corrected chi connectivity index (χ2v) is 6.57. The minimum Gasteiger partial charge on any atom is -0.268 e. The van der Waals surface area contributed by atoms with E-state index < -0.39 is 16.7 Å². The molecule has 0 bridgehead atoms. The molecule has 0 fully saturated rings. The van der Waals surface area contributed by atoms with Crippen molar-refractivity contribution < 1.29 is 14.5 Å². The molecule has 1 aliphatic heterocycles. The molecule has 2 aromatic carbocycles. The Morgan fingerprint density at radius 2 is 1.71 bits per heavy atom. The van der Waals surface area contributed by atoms with Crippen molar-refractivity contribution in [3.63, 3.8) is 0 Å². The molecule has 0 radical (unpaired) electrons. The fourth-order valence-electron chi connectivity index (χ4n) is 3.54. The van der Waals surface area contributed by atoms with Crippen LogP contribution in [0.2, 0.25) is 0 Å². The van der Waals surface area contributed by atoms with Gasteiger partial charge in [0.15, 0.2) is 0 Å². The summed E-state index contributed by atoms with van der Waals surface area (Å²) < 4.78 is 1.72. The number of hydrogen-bond donors (Lipinski definition) is 0. The highest BCUT2D eigenvalue weighted by Crippen LogP contribution is 2.36. The van der Waals surface area contributed by atoms with Crippen molar-refractivity contribution in [2.24, 2.45) is 0 Å². The molecule has 1 aromatic heterocycles. The summed E-state index contributed by atoms with van der Waals surface area (Å²) in [5.74, 6) is -1.27. The number of benzene rings is 2. The van der Waals surface area contributed by atoms with Crippen LogP contribution in [0, 0.1) is 24.0 Å². The lowest BCUT2D eigenvalue weighted by atomic mass is 10.1. The molecule has 0 spiro atoms. The van der Waals surface area contributed by atoms with Crippen LogP contribution in [0.25, 0.3) is 0 Å². The molecule has 8 nitrogen and oxygen atoms in total. The van der Waals surface area contributed by atoms with E-state index in [0.29, 0.717) is 23.6 Å². The van der Waals surface area contributed by atoms with Gasteiger partial charge in [-0.3, -0.25) is 24.4 Å². The minimum atomic E-state index is -0.697. The highest BCUT2D eigenvalue weighted by molar-refractivity contribution is 6.36. The molecule has 2 amide bonds. The normalized spacial score (nSPS) is 13.1. The van der Waals surface area contributed by atoms with E-state index in [4.69, 9.17) is 0 Å². The van der Waals surface area contributed by atoms with Crippen molar-refractivity contribution in [3.05, 3.63) is 86.7 Å². The second-order valence-electron chi connectivity index (χ2n) is 6.57. The van der Waals surface area contributed by atoms with Gasteiger partial charge in [0.05, 0.1) is 34.1 Å². The Morgan fingerprint density at radius 3 is 2.39 bits per heavy atom. The van der Waals surface area contributed by atoms with E-state index in [2.05, 4.69) is 5.10 Å². The molecule has 2 heterocycles. The number of aryl methyl sites for hydroxylation is 1. The van der Waals surface area contributed by atoms with Gasteiger partial charge >= 0.3 is 0 Å². The van der Waals surface area contributed by atoms with E-state index in [1.165, 1.54) is 18.2 Å². The standard InChI is InChI=1S/C20H16N4O4/c1-12-18(13(2)22(21-12)11-14-7-4-3-5-8-14)23-19(25)15-9-6-10-16(24(27)28)17(15)20(23)26/h3-10H,11H2,1-2H3. The quantitative estimate of drug-likeness (QED) is 0.395. The molecule has 0 unspecified atom stereocenters. The van der Waals surface area contributed by atoms with Crippen molar-refractivity contribution in [1.82, 2.24) is 9.78 Å². The molecule has 28 heavy (non-hydrogen) atoms. The Bertz CT molecular complexity index is 1130. The van der Waals surface area contributed by atoms with Gasteiger partial charge in [-0.1, -0.05) is 36.4 Å². The Balaban J connectivity index is 1.78. The van der Waals surface area contributed by atoms with E-state index in [9.17, 15) is 19.7 Å². The molecular formula is C20H16N4O4. The number of fused-ring (bicyclic) bond motifs is 1. The number of nitrogens with zero attached hydrogens (tertiary/aromatic N) is 4. The van der Waals surface area contributed by atoms with Gasteiger partial charge in [-0.25, -0.2) is 4.90 Å². The molecule has 0 atom stereocenters. The summed E-state index contributed by atoms with van der Waals surface area (Å²) in [6.45, 7) is 3.97. The van der Waals surface area contributed by atoms with Crippen LogP contribution < -0.4 is 4.90 Å². The van der Waals surface area contributed by atoms with Gasteiger partial charge in [0.1, 0.15) is 5.56 Å². The van der Waals surface area contributed by atoms with Crippen LogP contribution in [0.15, 0.2) is 48.5 Å². The molecule has 0 aliphatic carbocycles. The van der Waals surface area contributed by atoms with Crippen LogP contribution in [0.4, 0.5) is 11.4 Å². The van der Waals surface area contributed by atoms with E-state index >= 15 is 0 Å². The average Bonchev–Trinajstić information content (AvgIpc) is 3.09. The van der Waals surface area contributed by atoms with E-state index in [1.54, 1.807) is 18.5 Å². The monoisotopic (exact) mass is 376 g/mol. The number of nitro groups is 1. The van der Waals surface area contributed by atoms with Gasteiger partial charge in [0.2, 0.25) is 0 Å². The number of carbonyl (C=O) groups excluding carboxylic acids is 2. The zero-order chi connectivity index (χ0) is 20.0. The first-order chi connectivity index (χ1) is 13.4. The number of amides is 2. The summed E-state index contributed by atoms with van der Waals surface area (Å²) in [5, 5.41) is 15.8. The van der Waals surface area contributed by atoms with Crippen LogP contribution in [0.3, 0.4) is 0 Å². The van der Waals surface area contributed by atoms with Crippen LogP contribution in [-0.2, 0) is 6.54 Å². The summed E-state index contributed by atoms with van der Waals surface area (Å²) in [4.78, 5) is 37.5. The third kappa shape index (κ3) is 2.58. The first kappa shape index (κ1) is 17.6. The van der Waals surface area contributed by atoms with Crippen molar-refractivity contribution in [2.45, 2.75) is 20.4 Å². The Labute approximate surface area is 160 Å². The SMILES string of the molecule is Cc1nn(Cc2ccccc2)c(C)c1N1C(=O)c2cccc([N+](=O)[O-])c2C1=O. The topological polar surface area (TPSA) is 98.3 Å². The largest absolute Gasteiger partial charge is 0.283 e. The third-order valence-corrected chi connectivity index (χ3v) is 4.83. The molecule has 3 aromatic rings. The van der Waals surface area contributed by atoms with Crippen LogP contribution in [0.1, 0.15) is 37.7 Å². The fourth-order valence-corrected chi connectivity index (χ4v) is 3.54. The average molecular weight is 376 g/mol. The third-order valence-electron chi connectivity index (χ3n) is 4.83. The molecule has 0 saturated heterocycles. The van der Waals surface area contributed by atoms with Crippen molar-refractivity contribution in [1.29, 1.82) is 0 Å². The molecule has 1 aliphatic rings. The number of imide groups is 1. The number of nitro benzene ring substituents is 1. The van der Waals surface area contributed by atoms with Gasteiger partial charge in [-0.05, 0) is 25.5 Å². The fraction of sp³-hybridized carbons (Fsp3) is 0.150. The number of aromatic nitrogens is 2. The summed E-state index contributed by atoms with van der Waals surface area (Å²) in [5.41, 5.74) is 2.03. The number of hydrogen-bond acceptors (Lipinski definition) is 5. The first-order valence-electron chi connectivity index (χ1n) is 8.64. The maximum absolute atomic E-state index is 13.0. The van der Waals surface area contributed by atoms with Crippen molar-refractivity contribution in [2.75, 3.05) is 4.90 Å². The maximum atomic E-state index is 13.0. The Morgan fingerprint density at radius 1 is 1.00 bits per heavy atom. The predicted molar refractivity (Wildman–Crippen MR) is 101 cm³/mol. The zero-order valence-corrected chi connectivity index (χ0v) is 15.2. The van der Waals surface area contributed by atoms with Crippen LogP contribution in [0.5, 0.6) is 0 Å². The van der Waals surface area contributed by atoms with Gasteiger partial charge < -0.3 is 0 Å². The predicted octanol–water partition coefficient (Wildman–Crippen LogP) is 3.26. The lowest BCUT2D eigenvalue weighted by Crippen LogP contribution is -2.30. The highest BCUT2D eigenvalue weighted by Gasteiger charge is 2.43. The van der Waals surface area contributed by atoms with Gasteiger partial charge in [-0.15, -0.1) is 0 Å². The summed E-state index contributed by atoms with van der Waals surface area (Å²) in [6.07, 6.45) is 0. The smallest absolute Gasteiger partial charge is 0.268 e. The molecule has 0 N–H and O–H groups in total. The maximum Gasteiger partial charge on any atom is 0.283 e. The highest BCUT2D eigenvalue weighted by atomic mass is 16.6. The second kappa shape index (κ2) is 6.41. The van der Waals surface area contributed by atoms with Crippen LogP contribution in [-0.4, -0.2) is 26.5 Å². The van der Waals surface area contributed by atoms with E-state index in [1.807, 2.05) is 30.3 Å². The van der Waals surface area contributed by atoms with Crippen LogP contribution >= 0.6 is 0 Å². The molecule has 8 heteroatoms. The zero-order valence-electron chi connectivity index (χ0n) is 15.2. The summed E-state index contributed by atoms with van der Waals surface area (Å²) >= 11 is 0. The molecule has 140 valence electrons. The van der Waals surface area contributed by atoms with E-state index in [0.717, 1.165) is 10.5 Å². The van der Waals surface area contributed by atoms with Gasteiger partial charge in [0, 0.05) is 6.07 Å². The molecule has 4 rings (SSSR count). The molecular weight excluding hydrogens is 360 g/mol. The summed E-state index contributed by atoms with van der Waals surface area (Å²) in [7, 11) is 0. The first-order valence-corrected chi connectivity index (χ1v) is 8.64. The lowest BCUT2D eigenvalue weighted by Gasteiger charge is -2.14. The van der Waals surface area contributed by atoms with Crippen molar-refractivity contribution >= 4 is 23.2 Å². The van der Waals surface area contributed by atoms with Crippen molar-refractivity contribution in [3.8, 4) is 0 Å². The summed E-state index contributed by atoms with van der Waals surface area (Å²) in [6, 6.07) is 13.7. The Kier molecular flexibility index (Phi) is 4.03. The van der Waals surface area contributed by atoms with Gasteiger partial charge in [0.25, 0.3) is 17.5 Å². The Hall–Kier alpha value is -3.81. The van der Waals surface area contributed by atoms with E-state index in [-0.39, 0.29) is 16.8 Å². The number of rotatable bonds is 4. The lowest BCUT2D eigenvalue weighted by molar-refractivity contribution is -0.385. The minimum absolute atomic E-state index is 0.0359.